The summed E-state index contributed by atoms with van der Waals surface area (Å²) in [7, 11) is -3.54. The van der Waals surface area contributed by atoms with Gasteiger partial charge in [-0.15, -0.1) is 0 Å². The van der Waals surface area contributed by atoms with Crippen molar-refractivity contribution in [3.8, 4) is 0 Å². The fourth-order valence-corrected chi connectivity index (χ4v) is 4.01. The summed E-state index contributed by atoms with van der Waals surface area (Å²) in [5.41, 5.74) is 1.55. The Labute approximate surface area is 170 Å². The van der Waals surface area contributed by atoms with Crippen molar-refractivity contribution in [2.24, 2.45) is 0 Å². The molecule has 29 heavy (non-hydrogen) atoms. The molecule has 1 aromatic heterocycles. The quantitative estimate of drug-likeness (QED) is 0.769. The first-order valence-corrected chi connectivity index (χ1v) is 11.5. The van der Waals surface area contributed by atoms with Gasteiger partial charge >= 0.3 is 0 Å². The van der Waals surface area contributed by atoms with E-state index in [0.29, 0.717) is 5.56 Å². The van der Waals surface area contributed by atoms with E-state index in [1.807, 2.05) is 0 Å². The molecule has 0 aliphatic carbocycles. The van der Waals surface area contributed by atoms with Crippen LogP contribution in [0.25, 0.3) is 0 Å². The third-order valence-electron chi connectivity index (χ3n) is 5.13. The molecule has 3 rings (SSSR count). The fraction of sp³-hybridized carbons (Fsp3) is 0.450. The Bertz CT molecular complexity index is 981. The molecule has 1 atom stereocenters. The molecular formula is C20H26FN3O4S. The number of nitrogens with zero attached hydrogens (tertiary/aromatic N) is 2. The largest absolute Gasteiger partial charge is 0.440 e. The predicted octanol–water partition coefficient (Wildman–Crippen LogP) is 2.46. The van der Waals surface area contributed by atoms with Gasteiger partial charge in [-0.05, 0) is 43.8 Å². The zero-order valence-corrected chi connectivity index (χ0v) is 17.6. The van der Waals surface area contributed by atoms with E-state index < -0.39 is 21.8 Å². The van der Waals surface area contributed by atoms with Crippen molar-refractivity contribution in [2.75, 3.05) is 43.9 Å². The number of sulfone groups is 1. The monoisotopic (exact) mass is 423 g/mol. The van der Waals surface area contributed by atoms with Gasteiger partial charge in [0.05, 0.1) is 6.04 Å². The molecule has 1 aliphatic rings. The van der Waals surface area contributed by atoms with Gasteiger partial charge in [-0.25, -0.2) is 12.8 Å². The van der Waals surface area contributed by atoms with Gasteiger partial charge in [-0.3, -0.25) is 4.79 Å². The standard InChI is InChI=1S/C20H26FN3O4S/c1-4-23-9-11-24(12-10-23)17-6-5-15(21)13-16(17)14(2)22-20(25)18-7-8-19(28-18)29(3,26)27/h5-8,13-14H,4,9-12H2,1-3H3,(H,22,25). The van der Waals surface area contributed by atoms with Crippen LogP contribution < -0.4 is 10.2 Å². The Morgan fingerprint density at radius 2 is 1.90 bits per heavy atom. The maximum absolute atomic E-state index is 14.0. The number of likely N-dealkylation sites (N-methyl/N-ethyl adjacent to an activating group) is 1. The second-order valence-corrected chi connectivity index (χ2v) is 9.16. The molecule has 2 aromatic rings. The summed E-state index contributed by atoms with van der Waals surface area (Å²) < 4.78 is 42.2. The highest BCUT2D eigenvalue weighted by molar-refractivity contribution is 7.90. The van der Waals surface area contributed by atoms with Gasteiger partial charge in [0.1, 0.15) is 5.82 Å². The molecule has 1 fully saturated rings. The van der Waals surface area contributed by atoms with Crippen LogP contribution >= 0.6 is 0 Å². The molecule has 0 spiro atoms. The van der Waals surface area contributed by atoms with Crippen LogP contribution in [0, 0.1) is 5.82 Å². The van der Waals surface area contributed by atoms with Crippen LogP contribution in [0.1, 0.15) is 36.0 Å². The highest BCUT2D eigenvalue weighted by Gasteiger charge is 2.23. The summed E-state index contributed by atoms with van der Waals surface area (Å²) in [6, 6.07) is 6.65. The lowest BCUT2D eigenvalue weighted by Crippen LogP contribution is -2.46. The zero-order valence-electron chi connectivity index (χ0n) is 16.8. The number of piperazine rings is 1. The summed E-state index contributed by atoms with van der Waals surface area (Å²) in [5.74, 6) is -1.04. The molecule has 1 amide bonds. The van der Waals surface area contributed by atoms with Crippen molar-refractivity contribution >= 4 is 21.4 Å². The minimum atomic E-state index is -3.54. The number of halogens is 1. The van der Waals surface area contributed by atoms with E-state index in [4.69, 9.17) is 4.42 Å². The number of hydrogen-bond donors (Lipinski definition) is 1. The lowest BCUT2D eigenvalue weighted by atomic mass is 10.0. The Kier molecular flexibility index (Phi) is 6.28. The number of nitrogens with one attached hydrogen (secondary N) is 1. The minimum absolute atomic E-state index is 0.105. The van der Waals surface area contributed by atoms with Crippen molar-refractivity contribution in [3.05, 3.63) is 47.5 Å². The maximum atomic E-state index is 14.0. The Morgan fingerprint density at radius 3 is 2.48 bits per heavy atom. The summed E-state index contributed by atoms with van der Waals surface area (Å²) in [6.07, 6.45) is 1.01. The van der Waals surface area contributed by atoms with Crippen molar-refractivity contribution in [1.82, 2.24) is 10.2 Å². The third kappa shape index (κ3) is 4.97. The number of furan rings is 1. The number of hydrogen-bond acceptors (Lipinski definition) is 6. The molecular weight excluding hydrogens is 397 g/mol. The lowest BCUT2D eigenvalue weighted by molar-refractivity contribution is 0.0906. The summed E-state index contributed by atoms with van der Waals surface area (Å²) in [6.45, 7) is 8.38. The fourth-order valence-electron chi connectivity index (χ4n) is 3.45. The number of anilines is 1. The summed E-state index contributed by atoms with van der Waals surface area (Å²) >= 11 is 0. The average Bonchev–Trinajstić information content (AvgIpc) is 3.19. The smallest absolute Gasteiger partial charge is 0.287 e. The number of benzene rings is 1. The van der Waals surface area contributed by atoms with Crippen LogP contribution in [-0.2, 0) is 9.84 Å². The molecule has 0 bridgehead atoms. The highest BCUT2D eigenvalue weighted by atomic mass is 32.2. The Hall–Kier alpha value is -2.39. The second kappa shape index (κ2) is 8.54. The van der Waals surface area contributed by atoms with E-state index in [0.717, 1.165) is 44.7 Å². The van der Waals surface area contributed by atoms with E-state index in [-0.39, 0.29) is 16.7 Å². The van der Waals surface area contributed by atoms with E-state index >= 15 is 0 Å². The van der Waals surface area contributed by atoms with Crippen molar-refractivity contribution in [1.29, 1.82) is 0 Å². The number of rotatable bonds is 6. The van der Waals surface area contributed by atoms with Gasteiger partial charge in [-0.1, -0.05) is 6.92 Å². The highest BCUT2D eigenvalue weighted by Crippen LogP contribution is 2.29. The van der Waals surface area contributed by atoms with Gasteiger partial charge in [0.15, 0.2) is 5.76 Å². The van der Waals surface area contributed by atoms with E-state index in [1.54, 1.807) is 13.0 Å². The van der Waals surface area contributed by atoms with Crippen LogP contribution in [-0.4, -0.2) is 58.2 Å². The topological polar surface area (TPSA) is 82.9 Å². The van der Waals surface area contributed by atoms with Crippen molar-refractivity contribution < 1.29 is 22.0 Å². The van der Waals surface area contributed by atoms with E-state index in [2.05, 4.69) is 22.0 Å². The number of carbonyl (C=O) groups is 1. The minimum Gasteiger partial charge on any atom is -0.440 e. The van der Waals surface area contributed by atoms with Crippen LogP contribution in [0.4, 0.5) is 10.1 Å². The van der Waals surface area contributed by atoms with Crippen molar-refractivity contribution in [3.63, 3.8) is 0 Å². The summed E-state index contributed by atoms with van der Waals surface area (Å²) in [5, 5.41) is 2.50. The van der Waals surface area contributed by atoms with E-state index in [1.165, 1.54) is 24.3 Å². The first-order chi connectivity index (χ1) is 13.7. The van der Waals surface area contributed by atoms with Gasteiger partial charge < -0.3 is 19.5 Å². The van der Waals surface area contributed by atoms with Gasteiger partial charge in [0.25, 0.3) is 5.91 Å². The van der Waals surface area contributed by atoms with Crippen LogP contribution in [0.2, 0.25) is 0 Å². The maximum Gasteiger partial charge on any atom is 0.287 e. The molecule has 0 radical (unpaired) electrons. The van der Waals surface area contributed by atoms with Crippen LogP contribution in [0.15, 0.2) is 39.8 Å². The van der Waals surface area contributed by atoms with Gasteiger partial charge in [-0.2, -0.15) is 0 Å². The van der Waals surface area contributed by atoms with Crippen LogP contribution in [0.3, 0.4) is 0 Å². The first-order valence-electron chi connectivity index (χ1n) is 9.56. The van der Waals surface area contributed by atoms with Gasteiger partial charge in [0.2, 0.25) is 14.9 Å². The molecule has 158 valence electrons. The molecule has 0 saturated carbocycles. The molecule has 1 N–H and O–H groups in total. The molecule has 7 nitrogen and oxygen atoms in total. The molecule has 9 heteroatoms. The lowest BCUT2D eigenvalue weighted by Gasteiger charge is -2.37. The molecule has 2 heterocycles. The molecule has 1 unspecified atom stereocenters. The Morgan fingerprint density at radius 1 is 1.21 bits per heavy atom. The normalized spacial score (nSPS) is 16.6. The van der Waals surface area contributed by atoms with E-state index in [9.17, 15) is 17.6 Å². The first kappa shape index (κ1) is 21.3. The molecule has 1 saturated heterocycles. The number of carbonyl (C=O) groups excluding carboxylic acids is 1. The Balaban J connectivity index is 1.78. The second-order valence-electron chi connectivity index (χ2n) is 7.21. The SMILES string of the molecule is CCN1CCN(c2ccc(F)cc2C(C)NC(=O)c2ccc(S(C)(=O)=O)o2)CC1. The van der Waals surface area contributed by atoms with Crippen molar-refractivity contribution in [2.45, 2.75) is 25.0 Å². The summed E-state index contributed by atoms with van der Waals surface area (Å²) in [4.78, 5) is 17.1. The molecule has 1 aromatic carbocycles. The average molecular weight is 424 g/mol. The van der Waals surface area contributed by atoms with Crippen LogP contribution in [0.5, 0.6) is 0 Å². The zero-order chi connectivity index (χ0) is 21.2. The van der Waals surface area contributed by atoms with Gasteiger partial charge in [0, 0.05) is 43.7 Å². The third-order valence-corrected chi connectivity index (χ3v) is 6.08. The number of amides is 1. The predicted molar refractivity (Wildman–Crippen MR) is 108 cm³/mol. The molecule has 1 aliphatic heterocycles.